The molecule has 0 aliphatic heterocycles. The van der Waals surface area contributed by atoms with Gasteiger partial charge in [0.1, 0.15) is 16.8 Å². The molecule has 0 saturated heterocycles. The lowest BCUT2D eigenvalue weighted by molar-refractivity contribution is -0.115. The van der Waals surface area contributed by atoms with E-state index in [9.17, 15) is 4.79 Å². The third kappa shape index (κ3) is 4.41. The van der Waals surface area contributed by atoms with Crippen LogP contribution in [0.15, 0.2) is 53.7 Å². The van der Waals surface area contributed by atoms with Crippen molar-refractivity contribution in [2.45, 2.75) is 36.2 Å². The largest absolute Gasteiger partial charge is 0.495 e. The molecule has 1 amide bonds. The molecule has 0 bridgehead atoms. The number of ether oxygens (including phenoxy) is 1. The first kappa shape index (κ1) is 19.8. The van der Waals surface area contributed by atoms with Crippen LogP contribution in [-0.4, -0.2) is 27.8 Å². The van der Waals surface area contributed by atoms with Crippen molar-refractivity contribution in [1.29, 1.82) is 0 Å². The fraction of sp³-hybridized carbons (Fsp3) is 0.286. The van der Waals surface area contributed by atoms with Crippen LogP contribution in [0, 0.1) is 6.92 Å². The number of hydrogen-bond acceptors (Lipinski definition) is 5. The van der Waals surface area contributed by atoms with Gasteiger partial charge in [-0.1, -0.05) is 53.7 Å². The molecule has 1 saturated carbocycles. The molecule has 1 aliphatic rings. The van der Waals surface area contributed by atoms with Crippen LogP contribution in [0.5, 0.6) is 5.75 Å². The highest BCUT2D eigenvalue weighted by molar-refractivity contribution is 8.00. The predicted octanol–water partition coefficient (Wildman–Crippen LogP) is 5.06. The van der Waals surface area contributed by atoms with E-state index in [4.69, 9.17) is 16.3 Å². The number of carbonyl (C=O) groups excluding carboxylic acids is 1. The van der Waals surface area contributed by atoms with Gasteiger partial charge in [-0.2, -0.15) is 0 Å². The van der Waals surface area contributed by atoms with Gasteiger partial charge in [-0.3, -0.25) is 4.79 Å². The van der Waals surface area contributed by atoms with Crippen molar-refractivity contribution in [3.05, 3.63) is 64.9 Å². The molecular weight excluding hydrogens is 408 g/mol. The second-order valence-electron chi connectivity index (χ2n) is 6.88. The van der Waals surface area contributed by atoms with Crippen LogP contribution in [0.2, 0.25) is 5.02 Å². The Balaban J connectivity index is 1.61. The Kier molecular flexibility index (Phi) is 5.78. The monoisotopic (exact) mass is 428 g/mol. The first-order valence-corrected chi connectivity index (χ1v) is 10.6. The van der Waals surface area contributed by atoms with Gasteiger partial charge in [-0.25, -0.2) is 0 Å². The fourth-order valence-corrected chi connectivity index (χ4v) is 4.55. The lowest BCUT2D eigenvalue weighted by Gasteiger charge is -2.17. The molecule has 150 valence electrons. The van der Waals surface area contributed by atoms with E-state index in [0.717, 1.165) is 29.4 Å². The second-order valence-corrected chi connectivity index (χ2v) is 8.36. The van der Waals surface area contributed by atoms with E-state index in [2.05, 4.69) is 20.1 Å². The zero-order valence-corrected chi connectivity index (χ0v) is 17.7. The average Bonchev–Trinajstić information content (AvgIpc) is 3.49. The maximum Gasteiger partial charge on any atom is 0.242 e. The van der Waals surface area contributed by atoms with Gasteiger partial charge in [-0.15, -0.1) is 10.2 Å². The topological polar surface area (TPSA) is 69.0 Å². The lowest BCUT2D eigenvalue weighted by atomic mass is 10.1. The molecule has 1 aliphatic carbocycles. The summed E-state index contributed by atoms with van der Waals surface area (Å²) >= 11 is 7.62. The van der Waals surface area contributed by atoms with Crippen LogP contribution < -0.4 is 10.1 Å². The van der Waals surface area contributed by atoms with Crippen molar-refractivity contribution in [3.8, 4) is 5.75 Å². The predicted molar refractivity (Wildman–Crippen MR) is 115 cm³/mol. The third-order valence-electron chi connectivity index (χ3n) is 4.73. The fourth-order valence-electron chi connectivity index (χ4n) is 3.14. The summed E-state index contributed by atoms with van der Waals surface area (Å²) in [6.45, 7) is 1.95. The summed E-state index contributed by atoms with van der Waals surface area (Å²) < 4.78 is 7.31. The quantitative estimate of drug-likeness (QED) is 0.533. The van der Waals surface area contributed by atoms with Gasteiger partial charge >= 0.3 is 0 Å². The summed E-state index contributed by atoms with van der Waals surface area (Å²) in [5.74, 6) is 1.29. The molecule has 8 heteroatoms. The van der Waals surface area contributed by atoms with E-state index in [-0.39, 0.29) is 5.91 Å². The molecule has 29 heavy (non-hydrogen) atoms. The van der Waals surface area contributed by atoms with Crippen molar-refractivity contribution in [3.63, 3.8) is 0 Å². The summed E-state index contributed by atoms with van der Waals surface area (Å²) in [7, 11) is 1.56. The molecule has 3 aromatic rings. The number of aromatic nitrogens is 3. The summed E-state index contributed by atoms with van der Waals surface area (Å²) in [6, 6.07) is 15.3. The average molecular weight is 429 g/mol. The van der Waals surface area contributed by atoms with E-state index >= 15 is 0 Å². The van der Waals surface area contributed by atoms with Gasteiger partial charge in [0.15, 0.2) is 5.16 Å². The Morgan fingerprint density at radius 1 is 1.24 bits per heavy atom. The molecule has 0 radical (unpaired) electrons. The maximum atomic E-state index is 13.2. The number of halogens is 1. The van der Waals surface area contributed by atoms with E-state index in [1.54, 1.807) is 25.3 Å². The Morgan fingerprint density at radius 3 is 2.66 bits per heavy atom. The van der Waals surface area contributed by atoms with Crippen LogP contribution in [-0.2, 0) is 4.79 Å². The molecule has 2 aromatic carbocycles. The molecular formula is C21H21ClN4O2S. The number of carbonyl (C=O) groups is 1. The van der Waals surface area contributed by atoms with Crippen molar-refractivity contribution in [1.82, 2.24) is 14.8 Å². The molecule has 4 rings (SSSR count). The Hall–Kier alpha value is -2.51. The molecule has 1 atom stereocenters. The summed E-state index contributed by atoms with van der Waals surface area (Å²) in [5, 5.41) is 12.3. The minimum absolute atomic E-state index is 0.148. The summed E-state index contributed by atoms with van der Waals surface area (Å²) in [4.78, 5) is 13.2. The van der Waals surface area contributed by atoms with Crippen LogP contribution in [0.1, 0.15) is 35.5 Å². The smallest absolute Gasteiger partial charge is 0.242 e. The highest BCUT2D eigenvalue weighted by atomic mass is 35.5. The zero-order chi connectivity index (χ0) is 20.4. The third-order valence-corrected chi connectivity index (χ3v) is 6.24. The SMILES string of the molecule is COc1ccc(NC(=O)C(Sc2nnc(C)n2C2CC2)c2ccccc2)cc1Cl. The van der Waals surface area contributed by atoms with E-state index in [1.807, 2.05) is 37.3 Å². The molecule has 1 heterocycles. The number of anilines is 1. The van der Waals surface area contributed by atoms with Gasteiger partial charge in [0.05, 0.1) is 12.1 Å². The van der Waals surface area contributed by atoms with Crippen molar-refractivity contribution < 1.29 is 9.53 Å². The highest BCUT2D eigenvalue weighted by Crippen LogP contribution is 2.42. The standard InChI is InChI=1S/C21H21ClN4O2S/c1-13-24-25-21(26(13)16-9-10-16)29-19(14-6-4-3-5-7-14)20(27)23-15-8-11-18(28-2)17(22)12-15/h3-8,11-12,16,19H,9-10H2,1-2H3,(H,23,27). The summed E-state index contributed by atoms with van der Waals surface area (Å²) in [5.41, 5.74) is 1.51. The Bertz CT molecular complexity index is 1020. The van der Waals surface area contributed by atoms with Crippen LogP contribution in [0.4, 0.5) is 5.69 Å². The van der Waals surface area contributed by atoms with Crippen LogP contribution >= 0.6 is 23.4 Å². The van der Waals surface area contributed by atoms with Gasteiger partial charge in [0.25, 0.3) is 0 Å². The molecule has 1 fully saturated rings. The van der Waals surface area contributed by atoms with Gasteiger partial charge in [0.2, 0.25) is 5.91 Å². The normalized spacial score (nSPS) is 14.4. The molecule has 1 N–H and O–H groups in total. The first-order chi connectivity index (χ1) is 14.1. The number of amides is 1. The Labute approximate surface area is 178 Å². The van der Waals surface area contributed by atoms with Gasteiger partial charge in [0, 0.05) is 11.7 Å². The Morgan fingerprint density at radius 2 is 2.00 bits per heavy atom. The number of nitrogens with one attached hydrogen (secondary N) is 1. The highest BCUT2D eigenvalue weighted by Gasteiger charge is 2.31. The summed E-state index contributed by atoms with van der Waals surface area (Å²) in [6.07, 6.45) is 2.25. The minimum Gasteiger partial charge on any atom is -0.495 e. The molecule has 1 aromatic heterocycles. The number of nitrogens with zero attached hydrogens (tertiary/aromatic N) is 3. The maximum absolute atomic E-state index is 13.2. The lowest BCUT2D eigenvalue weighted by Crippen LogP contribution is -2.19. The zero-order valence-electron chi connectivity index (χ0n) is 16.1. The first-order valence-electron chi connectivity index (χ1n) is 9.34. The van der Waals surface area contributed by atoms with Crippen LogP contribution in [0.25, 0.3) is 0 Å². The van der Waals surface area contributed by atoms with E-state index in [1.165, 1.54) is 11.8 Å². The minimum atomic E-state index is -0.474. The molecule has 0 spiro atoms. The number of thioether (sulfide) groups is 1. The van der Waals surface area contributed by atoms with Crippen LogP contribution in [0.3, 0.4) is 0 Å². The number of aryl methyl sites for hydroxylation is 1. The van der Waals surface area contributed by atoms with E-state index in [0.29, 0.717) is 22.5 Å². The number of hydrogen-bond donors (Lipinski definition) is 1. The number of benzene rings is 2. The number of rotatable bonds is 7. The van der Waals surface area contributed by atoms with Gasteiger partial charge in [-0.05, 0) is 43.5 Å². The molecule has 1 unspecified atom stereocenters. The van der Waals surface area contributed by atoms with Crippen molar-refractivity contribution in [2.24, 2.45) is 0 Å². The molecule has 6 nitrogen and oxygen atoms in total. The van der Waals surface area contributed by atoms with Crippen molar-refractivity contribution in [2.75, 3.05) is 12.4 Å². The second kappa shape index (κ2) is 8.47. The van der Waals surface area contributed by atoms with Gasteiger partial charge < -0.3 is 14.6 Å². The number of methoxy groups -OCH3 is 1. The van der Waals surface area contributed by atoms with E-state index < -0.39 is 5.25 Å². The van der Waals surface area contributed by atoms with Crippen molar-refractivity contribution >= 4 is 35.0 Å².